The van der Waals surface area contributed by atoms with Gasteiger partial charge in [-0.2, -0.15) is 4.31 Å². The molecule has 29 heavy (non-hydrogen) atoms. The van der Waals surface area contributed by atoms with Gasteiger partial charge in [0.2, 0.25) is 10.0 Å². The molecule has 1 saturated heterocycles. The summed E-state index contributed by atoms with van der Waals surface area (Å²) >= 11 is 3.31. The second-order valence-electron chi connectivity index (χ2n) is 6.45. The molecule has 4 rings (SSSR count). The zero-order valence-corrected chi connectivity index (χ0v) is 17.6. The molecule has 1 amide bonds. The van der Waals surface area contributed by atoms with Crippen LogP contribution in [0.25, 0.3) is 5.69 Å². The summed E-state index contributed by atoms with van der Waals surface area (Å²) in [6.07, 6.45) is 1.45. The quantitative estimate of drug-likeness (QED) is 0.566. The Morgan fingerprint density at radius 3 is 2.38 bits per heavy atom. The van der Waals surface area contributed by atoms with Gasteiger partial charge in [0.05, 0.1) is 10.6 Å². The van der Waals surface area contributed by atoms with Crippen molar-refractivity contribution in [3.05, 3.63) is 64.9 Å². The van der Waals surface area contributed by atoms with Gasteiger partial charge in [-0.25, -0.2) is 13.1 Å². The highest BCUT2D eigenvalue weighted by atomic mass is 79.9. The second kappa shape index (κ2) is 8.01. The van der Waals surface area contributed by atoms with Gasteiger partial charge in [0.25, 0.3) is 5.91 Å². The first-order valence-corrected chi connectivity index (χ1v) is 11.1. The van der Waals surface area contributed by atoms with Gasteiger partial charge in [-0.05, 0) is 52.9 Å². The molecule has 0 unspecified atom stereocenters. The molecule has 150 valence electrons. The second-order valence-corrected chi connectivity index (χ2v) is 9.31. The van der Waals surface area contributed by atoms with Crippen molar-refractivity contribution in [2.75, 3.05) is 26.2 Å². The standard InChI is InChI=1S/C18H17BrN6O3S/c19-15-4-6-17(7-5-15)29(27,28)24-10-8-23(9-11-24)18(26)14-2-1-3-16(12-14)25-13-20-21-22-25/h1-7,12-13H,8-11H2. The van der Waals surface area contributed by atoms with Crippen LogP contribution in [0.1, 0.15) is 10.4 Å². The van der Waals surface area contributed by atoms with Crippen molar-refractivity contribution < 1.29 is 13.2 Å². The molecule has 0 radical (unpaired) electrons. The number of rotatable bonds is 4. The van der Waals surface area contributed by atoms with E-state index in [9.17, 15) is 13.2 Å². The number of carbonyl (C=O) groups excluding carboxylic acids is 1. The van der Waals surface area contributed by atoms with E-state index in [1.165, 1.54) is 15.3 Å². The van der Waals surface area contributed by atoms with Gasteiger partial charge >= 0.3 is 0 Å². The molecule has 1 aliphatic heterocycles. The van der Waals surface area contributed by atoms with Gasteiger partial charge in [-0.3, -0.25) is 4.79 Å². The van der Waals surface area contributed by atoms with Crippen molar-refractivity contribution in [3.8, 4) is 5.69 Å². The molecule has 3 aromatic rings. The molecule has 2 aromatic carbocycles. The number of amides is 1. The molecule has 1 aromatic heterocycles. The summed E-state index contributed by atoms with van der Waals surface area (Å²) in [5.74, 6) is -0.152. The zero-order valence-electron chi connectivity index (χ0n) is 15.2. The molecule has 0 saturated carbocycles. The number of hydrogen-bond donors (Lipinski definition) is 0. The molecule has 0 atom stereocenters. The molecule has 2 heterocycles. The number of carbonyl (C=O) groups is 1. The molecular formula is C18H17BrN6O3S. The minimum Gasteiger partial charge on any atom is -0.336 e. The van der Waals surface area contributed by atoms with Crippen molar-refractivity contribution in [1.29, 1.82) is 0 Å². The van der Waals surface area contributed by atoms with Crippen LogP contribution in [0.4, 0.5) is 0 Å². The Hall–Kier alpha value is -2.63. The van der Waals surface area contributed by atoms with E-state index in [1.54, 1.807) is 53.4 Å². The SMILES string of the molecule is O=C(c1cccc(-n2cnnn2)c1)N1CCN(S(=O)(=O)c2ccc(Br)cc2)CC1. The Morgan fingerprint density at radius 2 is 1.72 bits per heavy atom. The summed E-state index contributed by atoms with van der Waals surface area (Å²) in [4.78, 5) is 14.8. The van der Waals surface area contributed by atoms with E-state index >= 15 is 0 Å². The summed E-state index contributed by atoms with van der Waals surface area (Å²) in [6.45, 7) is 1.14. The van der Waals surface area contributed by atoms with Crippen molar-refractivity contribution in [1.82, 2.24) is 29.4 Å². The summed E-state index contributed by atoms with van der Waals surface area (Å²) in [6, 6.07) is 13.5. The minimum atomic E-state index is -3.58. The van der Waals surface area contributed by atoms with Gasteiger partial charge in [0, 0.05) is 36.2 Å². The Balaban J connectivity index is 1.45. The smallest absolute Gasteiger partial charge is 0.254 e. The number of tetrazole rings is 1. The van der Waals surface area contributed by atoms with Gasteiger partial charge in [0.15, 0.2) is 0 Å². The monoisotopic (exact) mass is 476 g/mol. The number of aromatic nitrogens is 4. The lowest BCUT2D eigenvalue weighted by molar-refractivity contribution is 0.0698. The summed E-state index contributed by atoms with van der Waals surface area (Å²) < 4.78 is 29.3. The van der Waals surface area contributed by atoms with Crippen molar-refractivity contribution in [2.45, 2.75) is 4.90 Å². The zero-order chi connectivity index (χ0) is 20.4. The molecule has 9 nitrogen and oxygen atoms in total. The Kier molecular flexibility index (Phi) is 5.43. The lowest BCUT2D eigenvalue weighted by Gasteiger charge is -2.34. The highest BCUT2D eigenvalue weighted by molar-refractivity contribution is 9.10. The predicted molar refractivity (Wildman–Crippen MR) is 108 cm³/mol. The maximum atomic E-state index is 12.9. The van der Waals surface area contributed by atoms with Crippen LogP contribution in [-0.2, 0) is 10.0 Å². The fourth-order valence-corrected chi connectivity index (χ4v) is 4.82. The fourth-order valence-electron chi connectivity index (χ4n) is 3.13. The number of hydrogen-bond acceptors (Lipinski definition) is 6. The largest absolute Gasteiger partial charge is 0.336 e. The minimum absolute atomic E-state index is 0.152. The van der Waals surface area contributed by atoms with Crippen LogP contribution < -0.4 is 0 Å². The van der Waals surface area contributed by atoms with E-state index in [0.29, 0.717) is 24.3 Å². The lowest BCUT2D eigenvalue weighted by atomic mass is 10.1. The first kappa shape index (κ1) is 19.7. The number of piperazine rings is 1. The van der Waals surface area contributed by atoms with Gasteiger partial charge < -0.3 is 4.90 Å². The number of nitrogens with zero attached hydrogens (tertiary/aromatic N) is 6. The van der Waals surface area contributed by atoms with E-state index in [4.69, 9.17) is 0 Å². The van der Waals surface area contributed by atoms with Gasteiger partial charge in [0.1, 0.15) is 6.33 Å². The molecular weight excluding hydrogens is 460 g/mol. The van der Waals surface area contributed by atoms with Crippen molar-refractivity contribution in [3.63, 3.8) is 0 Å². The van der Waals surface area contributed by atoms with E-state index in [0.717, 1.165) is 4.47 Å². The van der Waals surface area contributed by atoms with E-state index in [-0.39, 0.29) is 23.9 Å². The fraction of sp³-hybridized carbons (Fsp3) is 0.222. The number of halogens is 1. The maximum absolute atomic E-state index is 12.9. The molecule has 0 spiro atoms. The highest BCUT2D eigenvalue weighted by Gasteiger charge is 2.30. The van der Waals surface area contributed by atoms with Crippen LogP contribution in [0.3, 0.4) is 0 Å². The number of sulfonamides is 1. The molecule has 1 fully saturated rings. The van der Waals surface area contributed by atoms with Crippen LogP contribution >= 0.6 is 15.9 Å². The van der Waals surface area contributed by atoms with E-state index in [1.807, 2.05) is 0 Å². The lowest BCUT2D eigenvalue weighted by Crippen LogP contribution is -2.50. The highest BCUT2D eigenvalue weighted by Crippen LogP contribution is 2.21. The normalized spacial score (nSPS) is 15.4. The molecule has 0 aliphatic carbocycles. The van der Waals surface area contributed by atoms with Crippen molar-refractivity contribution >= 4 is 31.9 Å². The van der Waals surface area contributed by atoms with Gasteiger partial charge in [-0.15, -0.1) is 5.10 Å². The van der Waals surface area contributed by atoms with Crippen LogP contribution in [0.5, 0.6) is 0 Å². The third-order valence-electron chi connectivity index (χ3n) is 4.68. The average Bonchev–Trinajstić information content (AvgIpc) is 3.29. The molecule has 0 bridgehead atoms. The Bertz CT molecular complexity index is 1110. The Labute approximate surface area is 176 Å². The third kappa shape index (κ3) is 4.07. The van der Waals surface area contributed by atoms with Crippen LogP contribution in [0, 0.1) is 0 Å². The third-order valence-corrected chi connectivity index (χ3v) is 7.13. The number of benzene rings is 2. The van der Waals surface area contributed by atoms with E-state index in [2.05, 4.69) is 31.5 Å². The predicted octanol–water partition coefficient (Wildman–Crippen LogP) is 1.57. The molecule has 11 heteroatoms. The van der Waals surface area contributed by atoms with E-state index < -0.39 is 10.0 Å². The summed E-state index contributed by atoms with van der Waals surface area (Å²) in [7, 11) is -3.58. The Morgan fingerprint density at radius 1 is 1.00 bits per heavy atom. The summed E-state index contributed by atoms with van der Waals surface area (Å²) in [5.41, 5.74) is 1.18. The van der Waals surface area contributed by atoms with Crippen LogP contribution in [-0.4, -0.2) is 69.9 Å². The van der Waals surface area contributed by atoms with Gasteiger partial charge in [-0.1, -0.05) is 22.0 Å². The first-order chi connectivity index (χ1) is 13.9. The average molecular weight is 477 g/mol. The van der Waals surface area contributed by atoms with Crippen LogP contribution in [0.15, 0.2) is 64.2 Å². The van der Waals surface area contributed by atoms with Crippen molar-refractivity contribution in [2.24, 2.45) is 0 Å². The first-order valence-electron chi connectivity index (χ1n) is 8.83. The molecule has 0 N–H and O–H groups in total. The van der Waals surface area contributed by atoms with Crippen LogP contribution in [0.2, 0.25) is 0 Å². The molecule has 1 aliphatic rings. The maximum Gasteiger partial charge on any atom is 0.254 e. The topological polar surface area (TPSA) is 101 Å². The summed E-state index contributed by atoms with van der Waals surface area (Å²) in [5, 5.41) is 11.0.